The second kappa shape index (κ2) is 5.02. The minimum absolute atomic E-state index is 0.686. The van der Waals surface area contributed by atoms with Crippen molar-refractivity contribution in [2.45, 2.75) is 6.92 Å². The number of fused-ring (bicyclic) bond motifs is 1. The number of nitrogen functional groups attached to an aromatic ring is 1. The number of nitrogens with zero attached hydrogens (tertiary/aromatic N) is 1. The first kappa shape index (κ1) is 12.8. The van der Waals surface area contributed by atoms with Gasteiger partial charge in [-0.25, -0.2) is 0 Å². The molecule has 0 saturated heterocycles. The predicted molar refractivity (Wildman–Crippen MR) is 85.6 cm³/mol. The number of aromatic nitrogens is 1. The van der Waals surface area contributed by atoms with Crippen LogP contribution in [0.15, 0.2) is 48.7 Å². The molecule has 0 bridgehead atoms. The van der Waals surface area contributed by atoms with Gasteiger partial charge in [0, 0.05) is 17.3 Å². The zero-order valence-electron chi connectivity index (χ0n) is 11.0. The van der Waals surface area contributed by atoms with Gasteiger partial charge < -0.3 is 11.1 Å². The lowest BCUT2D eigenvalue weighted by atomic mass is 10.1. The minimum atomic E-state index is 0.686. The second-order valence-corrected chi connectivity index (χ2v) is 5.12. The number of halogens is 1. The topological polar surface area (TPSA) is 50.9 Å². The van der Waals surface area contributed by atoms with E-state index in [-0.39, 0.29) is 0 Å². The molecular formula is C16H14ClN3. The lowest BCUT2D eigenvalue weighted by molar-refractivity contribution is 1.40. The van der Waals surface area contributed by atoms with E-state index in [2.05, 4.69) is 10.3 Å². The quantitative estimate of drug-likeness (QED) is 0.680. The standard InChI is InChI=1S/C16H14ClN3/c1-10-4-6-14(12(17)9-10)20-15-7-5-13(18)11-3-2-8-19-16(11)15/h2-9,20H,18H2,1H3. The summed E-state index contributed by atoms with van der Waals surface area (Å²) in [4.78, 5) is 4.40. The number of aryl methyl sites for hydroxylation is 1. The molecule has 0 atom stereocenters. The number of nitrogens with one attached hydrogen (secondary N) is 1. The Morgan fingerprint density at radius 1 is 1.10 bits per heavy atom. The van der Waals surface area contributed by atoms with Crippen LogP contribution in [0.5, 0.6) is 0 Å². The van der Waals surface area contributed by atoms with E-state index >= 15 is 0 Å². The fourth-order valence-electron chi connectivity index (χ4n) is 2.16. The number of benzene rings is 2. The van der Waals surface area contributed by atoms with E-state index in [1.807, 2.05) is 49.4 Å². The largest absolute Gasteiger partial charge is 0.398 e. The van der Waals surface area contributed by atoms with Crippen LogP contribution in [0.1, 0.15) is 5.56 Å². The van der Waals surface area contributed by atoms with E-state index in [0.717, 1.165) is 27.8 Å². The highest BCUT2D eigenvalue weighted by Crippen LogP contribution is 2.31. The maximum absolute atomic E-state index is 6.25. The average Bonchev–Trinajstić information content (AvgIpc) is 2.45. The number of hydrogen-bond donors (Lipinski definition) is 2. The molecule has 1 aromatic heterocycles. The molecule has 3 rings (SSSR count). The van der Waals surface area contributed by atoms with Crippen molar-refractivity contribution in [1.82, 2.24) is 4.98 Å². The third-order valence-corrected chi connectivity index (χ3v) is 3.51. The van der Waals surface area contributed by atoms with Crippen molar-refractivity contribution in [2.24, 2.45) is 0 Å². The number of pyridine rings is 1. The number of nitrogens with two attached hydrogens (primary N) is 1. The summed E-state index contributed by atoms with van der Waals surface area (Å²) < 4.78 is 0. The zero-order chi connectivity index (χ0) is 14.1. The normalized spacial score (nSPS) is 10.7. The summed E-state index contributed by atoms with van der Waals surface area (Å²) in [5, 5.41) is 4.94. The molecule has 0 aliphatic carbocycles. The van der Waals surface area contributed by atoms with Crippen molar-refractivity contribution >= 4 is 39.6 Å². The number of rotatable bonds is 2. The molecule has 0 saturated carbocycles. The molecule has 20 heavy (non-hydrogen) atoms. The molecule has 0 amide bonds. The van der Waals surface area contributed by atoms with Crippen LogP contribution >= 0.6 is 11.6 Å². The van der Waals surface area contributed by atoms with Gasteiger partial charge in [0.05, 0.1) is 21.9 Å². The molecular weight excluding hydrogens is 270 g/mol. The summed E-state index contributed by atoms with van der Waals surface area (Å²) in [6, 6.07) is 13.5. The van der Waals surface area contributed by atoms with Gasteiger partial charge in [-0.2, -0.15) is 0 Å². The third-order valence-electron chi connectivity index (χ3n) is 3.20. The molecule has 0 aliphatic heterocycles. The van der Waals surface area contributed by atoms with Crippen molar-refractivity contribution in [2.75, 3.05) is 11.1 Å². The molecule has 0 radical (unpaired) electrons. The number of anilines is 3. The second-order valence-electron chi connectivity index (χ2n) is 4.71. The molecule has 4 heteroatoms. The first-order chi connectivity index (χ1) is 9.65. The van der Waals surface area contributed by atoms with Gasteiger partial charge >= 0.3 is 0 Å². The van der Waals surface area contributed by atoms with Gasteiger partial charge in [-0.1, -0.05) is 17.7 Å². The van der Waals surface area contributed by atoms with E-state index in [1.54, 1.807) is 6.20 Å². The summed E-state index contributed by atoms with van der Waals surface area (Å²) in [5.41, 5.74) is 10.4. The predicted octanol–water partition coefficient (Wildman–Crippen LogP) is 4.52. The lowest BCUT2D eigenvalue weighted by Crippen LogP contribution is -1.96. The highest BCUT2D eigenvalue weighted by Gasteiger charge is 2.07. The van der Waals surface area contributed by atoms with Gasteiger partial charge in [-0.3, -0.25) is 4.98 Å². The Balaban J connectivity index is 2.09. The molecule has 3 nitrogen and oxygen atoms in total. The Labute approximate surface area is 122 Å². The van der Waals surface area contributed by atoms with Crippen molar-refractivity contribution < 1.29 is 0 Å². The van der Waals surface area contributed by atoms with Gasteiger partial charge in [0.2, 0.25) is 0 Å². The van der Waals surface area contributed by atoms with Gasteiger partial charge in [0.1, 0.15) is 0 Å². The monoisotopic (exact) mass is 283 g/mol. The lowest BCUT2D eigenvalue weighted by Gasteiger charge is -2.12. The van der Waals surface area contributed by atoms with Crippen molar-refractivity contribution in [3.05, 3.63) is 59.2 Å². The van der Waals surface area contributed by atoms with Crippen LogP contribution in [0.3, 0.4) is 0 Å². The van der Waals surface area contributed by atoms with Gasteiger partial charge in [0.15, 0.2) is 0 Å². The van der Waals surface area contributed by atoms with Crippen LogP contribution in [0.25, 0.3) is 10.9 Å². The smallest absolute Gasteiger partial charge is 0.0957 e. The van der Waals surface area contributed by atoms with E-state index in [1.165, 1.54) is 0 Å². The highest BCUT2D eigenvalue weighted by atomic mass is 35.5. The SMILES string of the molecule is Cc1ccc(Nc2ccc(N)c3cccnc23)c(Cl)c1. The van der Waals surface area contributed by atoms with Crippen LogP contribution in [0, 0.1) is 6.92 Å². The van der Waals surface area contributed by atoms with Crippen molar-refractivity contribution in [1.29, 1.82) is 0 Å². The van der Waals surface area contributed by atoms with Crippen LogP contribution in [0.2, 0.25) is 5.02 Å². The van der Waals surface area contributed by atoms with Crippen LogP contribution in [0.4, 0.5) is 17.1 Å². The molecule has 0 aliphatic rings. The average molecular weight is 284 g/mol. The minimum Gasteiger partial charge on any atom is -0.398 e. The van der Waals surface area contributed by atoms with E-state index < -0.39 is 0 Å². The third kappa shape index (κ3) is 2.28. The molecule has 0 unspecified atom stereocenters. The molecule has 100 valence electrons. The zero-order valence-corrected chi connectivity index (χ0v) is 11.8. The van der Waals surface area contributed by atoms with E-state index in [4.69, 9.17) is 17.3 Å². The van der Waals surface area contributed by atoms with Gasteiger partial charge in [0.25, 0.3) is 0 Å². The van der Waals surface area contributed by atoms with Crippen molar-refractivity contribution in [3.8, 4) is 0 Å². The summed E-state index contributed by atoms with van der Waals surface area (Å²) in [6.45, 7) is 2.01. The summed E-state index contributed by atoms with van der Waals surface area (Å²) in [5.74, 6) is 0. The van der Waals surface area contributed by atoms with E-state index in [9.17, 15) is 0 Å². The fourth-order valence-corrected chi connectivity index (χ4v) is 2.44. The van der Waals surface area contributed by atoms with Crippen LogP contribution in [-0.4, -0.2) is 4.98 Å². The summed E-state index contributed by atoms with van der Waals surface area (Å²) >= 11 is 6.25. The molecule has 3 N–H and O–H groups in total. The maximum Gasteiger partial charge on any atom is 0.0957 e. The van der Waals surface area contributed by atoms with E-state index in [0.29, 0.717) is 10.7 Å². The Morgan fingerprint density at radius 2 is 1.90 bits per heavy atom. The summed E-state index contributed by atoms with van der Waals surface area (Å²) in [6.07, 6.45) is 1.75. The fraction of sp³-hybridized carbons (Fsp3) is 0.0625. The number of hydrogen-bond acceptors (Lipinski definition) is 3. The molecule has 0 fully saturated rings. The van der Waals surface area contributed by atoms with Crippen LogP contribution < -0.4 is 11.1 Å². The Bertz CT molecular complexity index is 784. The summed E-state index contributed by atoms with van der Waals surface area (Å²) in [7, 11) is 0. The first-order valence-corrected chi connectivity index (χ1v) is 6.69. The molecule has 2 aromatic carbocycles. The van der Waals surface area contributed by atoms with Crippen LogP contribution in [-0.2, 0) is 0 Å². The Morgan fingerprint density at radius 3 is 2.70 bits per heavy atom. The molecule has 3 aromatic rings. The molecule has 1 heterocycles. The Hall–Kier alpha value is -2.26. The van der Waals surface area contributed by atoms with Gasteiger partial charge in [-0.15, -0.1) is 0 Å². The van der Waals surface area contributed by atoms with Crippen molar-refractivity contribution in [3.63, 3.8) is 0 Å². The Kier molecular flexibility index (Phi) is 3.20. The highest BCUT2D eigenvalue weighted by molar-refractivity contribution is 6.33. The first-order valence-electron chi connectivity index (χ1n) is 6.31. The van der Waals surface area contributed by atoms with Gasteiger partial charge in [-0.05, 0) is 48.9 Å². The molecule has 0 spiro atoms. The maximum atomic E-state index is 6.25.